The first-order valence-corrected chi connectivity index (χ1v) is 5.91. The number of hydrogen-bond donors (Lipinski definition) is 1. The van der Waals surface area contributed by atoms with Crippen LogP contribution in [-0.2, 0) is 13.1 Å². The van der Waals surface area contributed by atoms with Crippen LogP contribution in [0.5, 0.6) is 0 Å². The van der Waals surface area contributed by atoms with E-state index in [2.05, 4.69) is 33.9 Å². The van der Waals surface area contributed by atoms with Crippen LogP contribution in [0, 0.1) is 0 Å². The molecule has 0 saturated carbocycles. The molecule has 0 atom stereocenters. The number of thiophene rings is 1. The number of fused-ring (bicyclic) bond motifs is 1. The van der Waals surface area contributed by atoms with Gasteiger partial charge in [0, 0.05) is 29.8 Å². The molecule has 3 heteroatoms. The average molecular weight is 216 g/mol. The Labute approximate surface area is 93.0 Å². The molecule has 0 aliphatic carbocycles. The highest BCUT2D eigenvalue weighted by Gasteiger charge is 2.19. The smallest absolute Gasteiger partial charge is 0.0480 e. The lowest BCUT2D eigenvalue weighted by Gasteiger charge is -2.14. The monoisotopic (exact) mass is 216 g/mol. The maximum atomic E-state index is 5.78. The first-order chi connectivity index (χ1) is 7.33. The summed E-state index contributed by atoms with van der Waals surface area (Å²) < 4.78 is 0. The lowest BCUT2D eigenvalue weighted by Crippen LogP contribution is -2.13. The van der Waals surface area contributed by atoms with Gasteiger partial charge in [-0.05, 0) is 34.7 Å². The third-order valence-corrected chi connectivity index (χ3v) is 3.49. The number of nitrogens with zero attached hydrogens (tertiary/aromatic N) is 1. The Morgan fingerprint density at radius 2 is 2.00 bits per heavy atom. The van der Waals surface area contributed by atoms with E-state index in [1.807, 2.05) is 6.07 Å². The van der Waals surface area contributed by atoms with Crippen LogP contribution in [0.1, 0.15) is 11.1 Å². The molecular weight excluding hydrogens is 204 g/mol. The van der Waals surface area contributed by atoms with Crippen molar-refractivity contribution < 1.29 is 0 Å². The topological polar surface area (TPSA) is 29.3 Å². The van der Waals surface area contributed by atoms with Crippen molar-refractivity contribution in [3.05, 3.63) is 46.2 Å². The fraction of sp³-hybridized carbons (Fsp3) is 0.167. The summed E-state index contributed by atoms with van der Waals surface area (Å²) in [5.74, 6) is 0. The Kier molecular flexibility index (Phi) is 1.92. The highest BCUT2D eigenvalue weighted by molar-refractivity contribution is 7.08. The quantitative estimate of drug-likeness (QED) is 0.743. The van der Waals surface area contributed by atoms with Gasteiger partial charge >= 0.3 is 0 Å². The summed E-state index contributed by atoms with van der Waals surface area (Å²) in [5.41, 5.74) is 10.7. The molecule has 0 radical (unpaired) electrons. The van der Waals surface area contributed by atoms with E-state index in [0.29, 0.717) is 0 Å². The minimum absolute atomic E-state index is 0.862. The van der Waals surface area contributed by atoms with Crippen molar-refractivity contribution in [3.63, 3.8) is 0 Å². The van der Waals surface area contributed by atoms with Crippen molar-refractivity contribution in [2.75, 3.05) is 10.6 Å². The minimum Gasteiger partial charge on any atom is -0.399 e. The van der Waals surface area contributed by atoms with Crippen LogP contribution < -0.4 is 10.6 Å². The van der Waals surface area contributed by atoms with Gasteiger partial charge < -0.3 is 10.6 Å². The first-order valence-electron chi connectivity index (χ1n) is 4.97. The Bertz CT molecular complexity index is 476. The molecule has 0 fully saturated rings. The molecule has 1 aliphatic rings. The summed E-state index contributed by atoms with van der Waals surface area (Å²) >= 11 is 1.74. The summed E-state index contributed by atoms with van der Waals surface area (Å²) in [4.78, 5) is 2.38. The van der Waals surface area contributed by atoms with E-state index in [4.69, 9.17) is 5.73 Å². The van der Waals surface area contributed by atoms with Gasteiger partial charge in [0.15, 0.2) is 0 Å². The van der Waals surface area contributed by atoms with E-state index in [1.54, 1.807) is 11.3 Å². The SMILES string of the molecule is Nc1ccc2c(c1)CN(c1ccsc1)C2. The predicted octanol–water partition coefficient (Wildman–Crippen LogP) is 2.85. The standard InChI is InChI=1S/C12H12N2S/c13-11-2-1-9-6-14(7-10(9)5-11)12-3-4-15-8-12/h1-5,8H,6-7,13H2. The maximum absolute atomic E-state index is 5.78. The van der Waals surface area contributed by atoms with Crippen molar-refractivity contribution in [2.45, 2.75) is 13.1 Å². The molecule has 76 valence electrons. The van der Waals surface area contributed by atoms with Crippen LogP contribution in [0.3, 0.4) is 0 Å². The summed E-state index contributed by atoms with van der Waals surface area (Å²) in [5, 5.41) is 4.31. The highest BCUT2D eigenvalue weighted by atomic mass is 32.1. The van der Waals surface area contributed by atoms with Gasteiger partial charge in [-0.3, -0.25) is 0 Å². The van der Waals surface area contributed by atoms with Crippen molar-refractivity contribution in [3.8, 4) is 0 Å². The molecule has 3 rings (SSSR count). The van der Waals surface area contributed by atoms with Gasteiger partial charge in [-0.2, -0.15) is 11.3 Å². The van der Waals surface area contributed by atoms with Crippen LogP contribution in [0.4, 0.5) is 11.4 Å². The molecule has 2 heterocycles. The lowest BCUT2D eigenvalue weighted by atomic mass is 10.1. The Balaban J connectivity index is 1.92. The second-order valence-corrected chi connectivity index (χ2v) is 4.65. The van der Waals surface area contributed by atoms with Gasteiger partial charge in [0.2, 0.25) is 0 Å². The van der Waals surface area contributed by atoms with Gasteiger partial charge in [-0.25, -0.2) is 0 Å². The fourth-order valence-electron chi connectivity index (χ4n) is 2.03. The Hall–Kier alpha value is -1.48. The second kappa shape index (κ2) is 3.28. The molecule has 1 aromatic carbocycles. The normalized spacial score (nSPS) is 14.3. The van der Waals surface area contributed by atoms with E-state index in [1.165, 1.54) is 16.8 Å². The van der Waals surface area contributed by atoms with Crippen LogP contribution in [0.15, 0.2) is 35.0 Å². The van der Waals surface area contributed by atoms with Gasteiger partial charge in [0.1, 0.15) is 0 Å². The maximum Gasteiger partial charge on any atom is 0.0480 e. The molecule has 2 N–H and O–H groups in total. The molecule has 15 heavy (non-hydrogen) atoms. The van der Waals surface area contributed by atoms with Gasteiger partial charge in [0.25, 0.3) is 0 Å². The zero-order chi connectivity index (χ0) is 10.3. The van der Waals surface area contributed by atoms with Gasteiger partial charge in [0.05, 0.1) is 0 Å². The summed E-state index contributed by atoms with van der Waals surface area (Å²) in [6, 6.07) is 8.37. The number of hydrogen-bond acceptors (Lipinski definition) is 3. The largest absolute Gasteiger partial charge is 0.399 e. The molecule has 0 saturated heterocycles. The third kappa shape index (κ3) is 1.49. The fourth-order valence-corrected chi connectivity index (χ4v) is 2.70. The molecule has 2 nitrogen and oxygen atoms in total. The molecule has 0 unspecified atom stereocenters. The number of benzene rings is 1. The number of nitrogen functional groups attached to an aromatic ring is 1. The zero-order valence-corrected chi connectivity index (χ0v) is 9.13. The second-order valence-electron chi connectivity index (χ2n) is 3.87. The molecule has 0 amide bonds. The van der Waals surface area contributed by atoms with Crippen LogP contribution in [0.2, 0.25) is 0 Å². The van der Waals surface area contributed by atoms with E-state index < -0.39 is 0 Å². The van der Waals surface area contributed by atoms with Crippen molar-refractivity contribution in [1.29, 1.82) is 0 Å². The number of nitrogens with two attached hydrogens (primary N) is 1. The van der Waals surface area contributed by atoms with Gasteiger partial charge in [-0.15, -0.1) is 0 Å². The van der Waals surface area contributed by atoms with Crippen molar-refractivity contribution in [1.82, 2.24) is 0 Å². The number of rotatable bonds is 1. The van der Waals surface area contributed by atoms with Crippen LogP contribution >= 0.6 is 11.3 Å². The molecule has 0 spiro atoms. The van der Waals surface area contributed by atoms with E-state index >= 15 is 0 Å². The average Bonchev–Trinajstić information content (AvgIpc) is 2.84. The predicted molar refractivity (Wildman–Crippen MR) is 65.1 cm³/mol. The first kappa shape index (κ1) is 8.80. The van der Waals surface area contributed by atoms with Crippen LogP contribution in [0.25, 0.3) is 0 Å². The molecular formula is C12H12N2S. The highest BCUT2D eigenvalue weighted by Crippen LogP contribution is 2.30. The summed E-state index contributed by atoms with van der Waals surface area (Å²) in [6.45, 7) is 1.99. The van der Waals surface area contributed by atoms with E-state index in [0.717, 1.165) is 18.8 Å². The minimum atomic E-state index is 0.862. The summed E-state index contributed by atoms with van der Waals surface area (Å²) in [6.07, 6.45) is 0. The van der Waals surface area contributed by atoms with E-state index in [9.17, 15) is 0 Å². The Morgan fingerprint density at radius 3 is 2.80 bits per heavy atom. The third-order valence-electron chi connectivity index (χ3n) is 2.82. The van der Waals surface area contributed by atoms with Gasteiger partial charge in [-0.1, -0.05) is 6.07 Å². The lowest BCUT2D eigenvalue weighted by molar-refractivity contribution is 0.883. The van der Waals surface area contributed by atoms with E-state index in [-0.39, 0.29) is 0 Å². The molecule has 0 bridgehead atoms. The molecule has 1 aromatic heterocycles. The van der Waals surface area contributed by atoms with Crippen LogP contribution in [-0.4, -0.2) is 0 Å². The zero-order valence-electron chi connectivity index (χ0n) is 8.31. The summed E-state index contributed by atoms with van der Waals surface area (Å²) in [7, 11) is 0. The Morgan fingerprint density at radius 1 is 1.13 bits per heavy atom. The van der Waals surface area contributed by atoms with Crippen molar-refractivity contribution >= 4 is 22.7 Å². The molecule has 2 aromatic rings. The molecule has 1 aliphatic heterocycles. The van der Waals surface area contributed by atoms with Crippen molar-refractivity contribution in [2.24, 2.45) is 0 Å². The number of anilines is 2.